The van der Waals surface area contributed by atoms with Crippen LogP contribution in [0.4, 0.5) is 10.1 Å². The second-order valence-electron chi connectivity index (χ2n) is 4.91. The zero-order valence-electron chi connectivity index (χ0n) is 10.8. The maximum atomic E-state index is 13.1. The molecule has 1 heterocycles. The molecule has 2 aromatic rings. The second kappa shape index (κ2) is 4.67. The van der Waals surface area contributed by atoms with E-state index in [1.807, 2.05) is 19.2 Å². The molecule has 19 heavy (non-hydrogen) atoms. The van der Waals surface area contributed by atoms with Crippen molar-refractivity contribution in [3.05, 3.63) is 65.5 Å². The van der Waals surface area contributed by atoms with Crippen molar-refractivity contribution >= 4 is 5.69 Å². The van der Waals surface area contributed by atoms with Crippen LogP contribution in [0.2, 0.25) is 0 Å². The lowest BCUT2D eigenvalue weighted by atomic mass is 9.73. The molecule has 0 aliphatic carbocycles. The van der Waals surface area contributed by atoms with Gasteiger partial charge in [-0.05, 0) is 35.4 Å². The molecule has 0 saturated carbocycles. The summed E-state index contributed by atoms with van der Waals surface area (Å²) in [5.74, 6) is -0.204. The third-order valence-corrected chi connectivity index (χ3v) is 3.82. The van der Waals surface area contributed by atoms with Gasteiger partial charge in [-0.15, -0.1) is 0 Å². The second-order valence-corrected chi connectivity index (χ2v) is 4.91. The molecule has 1 aliphatic heterocycles. The quantitative estimate of drug-likeness (QED) is 0.911. The van der Waals surface area contributed by atoms with Crippen molar-refractivity contribution in [1.82, 2.24) is 0 Å². The van der Waals surface area contributed by atoms with Gasteiger partial charge in [0.1, 0.15) is 5.82 Å². The van der Waals surface area contributed by atoms with E-state index in [-0.39, 0.29) is 11.2 Å². The molecule has 0 aromatic heterocycles. The number of ether oxygens (including phenoxy) is 1. The van der Waals surface area contributed by atoms with E-state index in [0.29, 0.717) is 13.2 Å². The van der Waals surface area contributed by atoms with Gasteiger partial charge >= 0.3 is 0 Å². The lowest BCUT2D eigenvalue weighted by molar-refractivity contribution is -0.0380. The highest BCUT2D eigenvalue weighted by Gasteiger charge is 2.41. The maximum absolute atomic E-state index is 13.1. The summed E-state index contributed by atoms with van der Waals surface area (Å²) in [6, 6.07) is 15.1. The van der Waals surface area contributed by atoms with Gasteiger partial charge in [0.25, 0.3) is 0 Å². The van der Waals surface area contributed by atoms with Crippen LogP contribution < -0.4 is 5.32 Å². The Labute approximate surface area is 112 Å². The van der Waals surface area contributed by atoms with Crippen molar-refractivity contribution < 1.29 is 9.13 Å². The maximum Gasteiger partial charge on any atom is 0.123 e. The molecule has 98 valence electrons. The van der Waals surface area contributed by atoms with Gasteiger partial charge in [0.15, 0.2) is 0 Å². The van der Waals surface area contributed by atoms with Gasteiger partial charge in [0.2, 0.25) is 0 Å². The van der Waals surface area contributed by atoms with Crippen molar-refractivity contribution in [3.8, 4) is 0 Å². The summed E-state index contributed by atoms with van der Waals surface area (Å²) >= 11 is 0. The first-order valence-electron chi connectivity index (χ1n) is 6.37. The van der Waals surface area contributed by atoms with Crippen molar-refractivity contribution in [1.29, 1.82) is 0 Å². The van der Waals surface area contributed by atoms with Crippen LogP contribution in [-0.2, 0) is 10.2 Å². The number of anilines is 1. The minimum atomic E-state index is -0.204. The molecule has 0 radical (unpaired) electrons. The minimum Gasteiger partial charge on any atom is -0.388 e. The van der Waals surface area contributed by atoms with Gasteiger partial charge in [-0.25, -0.2) is 4.39 Å². The van der Waals surface area contributed by atoms with Crippen molar-refractivity contribution in [3.63, 3.8) is 0 Å². The molecule has 0 atom stereocenters. The van der Waals surface area contributed by atoms with Gasteiger partial charge in [0.05, 0.1) is 18.6 Å². The number of nitrogens with one attached hydrogen (secondary N) is 1. The van der Waals surface area contributed by atoms with E-state index >= 15 is 0 Å². The van der Waals surface area contributed by atoms with Crippen LogP contribution >= 0.6 is 0 Å². The summed E-state index contributed by atoms with van der Waals surface area (Å²) in [5, 5.41) is 3.11. The Morgan fingerprint density at radius 3 is 1.89 bits per heavy atom. The summed E-state index contributed by atoms with van der Waals surface area (Å²) < 4.78 is 18.5. The predicted molar refractivity (Wildman–Crippen MR) is 74.0 cm³/mol. The smallest absolute Gasteiger partial charge is 0.123 e. The number of halogens is 1. The summed E-state index contributed by atoms with van der Waals surface area (Å²) in [5.41, 5.74) is 3.28. The number of rotatable bonds is 3. The molecule has 1 saturated heterocycles. The molecule has 0 bridgehead atoms. The molecule has 2 nitrogen and oxygen atoms in total. The molecule has 0 unspecified atom stereocenters. The SMILES string of the molecule is CNc1ccc(C2(c3ccc(F)cc3)COC2)cc1. The van der Waals surface area contributed by atoms with Gasteiger partial charge in [-0.3, -0.25) is 0 Å². The Bertz CT molecular complexity index is 558. The van der Waals surface area contributed by atoms with Gasteiger partial charge in [-0.1, -0.05) is 24.3 Å². The first-order valence-corrected chi connectivity index (χ1v) is 6.37. The van der Waals surface area contributed by atoms with E-state index in [0.717, 1.165) is 11.3 Å². The number of benzene rings is 2. The Morgan fingerprint density at radius 1 is 0.947 bits per heavy atom. The summed E-state index contributed by atoms with van der Waals surface area (Å²) in [4.78, 5) is 0. The molecule has 0 amide bonds. The lowest BCUT2D eigenvalue weighted by Crippen LogP contribution is -2.47. The normalized spacial score (nSPS) is 16.7. The third kappa shape index (κ3) is 2.00. The molecule has 3 rings (SSSR count). The summed E-state index contributed by atoms with van der Waals surface area (Å²) in [6.45, 7) is 1.30. The molecule has 3 heteroatoms. The Hall–Kier alpha value is -1.87. The third-order valence-electron chi connectivity index (χ3n) is 3.82. The van der Waals surface area contributed by atoms with Gasteiger partial charge < -0.3 is 10.1 Å². The Morgan fingerprint density at radius 2 is 1.47 bits per heavy atom. The fourth-order valence-electron chi connectivity index (χ4n) is 2.53. The lowest BCUT2D eigenvalue weighted by Gasteiger charge is -2.42. The van der Waals surface area contributed by atoms with Crippen LogP contribution in [-0.4, -0.2) is 20.3 Å². The standard InChI is InChI=1S/C16H16FNO/c1-18-15-8-4-13(5-9-15)16(10-19-11-16)12-2-6-14(17)7-3-12/h2-9,18H,10-11H2,1H3. The van der Waals surface area contributed by atoms with E-state index in [4.69, 9.17) is 4.74 Å². The van der Waals surface area contributed by atoms with Crippen LogP contribution in [0.15, 0.2) is 48.5 Å². The fourth-order valence-corrected chi connectivity index (χ4v) is 2.53. The van der Waals surface area contributed by atoms with Crippen LogP contribution in [0.3, 0.4) is 0 Å². The highest BCUT2D eigenvalue weighted by Crippen LogP contribution is 2.39. The Balaban J connectivity index is 2.00. The summed E-state index contributed by atoms with van der Waals surface area (Å²) in [6.07, 6.45) is 0. The molecular weight excluding hydrogens is 241 g/mol. The molecule has 1 N–H and O–H groups in total. The number of hydrogen-bond acceptors (Lipinski definition) is 2. The average Bonchev–Trinajstić information content (AvgIpc) is 2.40. The zero-order chi connectivity index (χ0) is 13.3. The van der Waals surface area contributed by atoms with Gasteiger partial charge in [0, 0.05) is 12.7 Å². The molecule has 1 aliphatic rings. The molecule has 2 aromatic carbocycles. The summed E-state index contributed by atoms with van der Waals surface area (Å²) in [7, 11) is 1.90. The van der Waals surface area contributed by atoms with E-state index < -0.39 is 0 Å². The zero-order valence-corrected chi connectivity index (χ0v) is 10.8. The van der Waals surface area contributed by atoms with Crippen molar-refractivity contribution in [2.75, 3.05) is 25.6 Å². The molecular formula is C16H16FNO. The van der Waals surface area contributed by atoms with Crippen molar-refractivity contribution in [2.24, 2.45) is 0 Å². The first kappa shape index (κ1) is 12.2. The highest BCUT2D eigenvalue weighted by atomic mass is 19.1. The highest BCUT2D eigenvalue weighted by molar-refractivity contribution is 5.49. The van der Waals surface area contributed by atoms with Crippen molar-refractivity contribution in [2.45, 2.75) is 5.41 Å². The average molecular weight is 257 g/mol. The monoisotopic (exact) mass is 257 g/mol. The Kier molecular flexibility index (Phi) is 2.99. The van der Waals surface area contributed by atoms with Crippen LogP contribution in [0.25, 0.3) is 0 Å². The molecule has 0 spiro atoms. The van der Waals surface area contributed by atoms with E-state index in [9.17, 15) is 4.39 Å². The number of hydrogen-bond donors (Lipinski definition) is 1. The largest absolute Gasteiger partial charge is 0.388 e. The van der Waals surface area contributed by atoms with Crippen LogP contribution in [0.1, 0.15) is 11.1 Å². The first-order chi connectivity index (χ1) is 9.24. The van der Waals surface area contributed by atoms with Crippen LogP contribution in [0.5, 0.6) is 0 Å². The minimum absolute atomic E-state index is 0.125. The van der Waals surface area contributed by atoms with E-state index in [2.05, 4.69) is 29.6 Å². The van der Waals surface area contributed by atoms with E-state index in [1.54, 1.807) is 0 Å². The predicted octanol–water partition coefficient (Wildman–Crippen LogP) is 3.18. The van der Waals surface area contributed by atoms with E-state index in [1.165, 1.54) is 17.7 Å². The fraction of sp³-hybridized carbons (Fsp3) is 0.250. The van der Waals surface area contributed by atoms with Gasteiger partial charge in [-0.2, -0.15) is 0 Å². The van der Waals surface area contributed by atoms with Crippen LogP contribution in [0, 0.1) is 5.82 Å². The molecule has 1 fully saturated rings. The topological polar surface area (TPSA) is 21.3 Å².